The molecule has 50 heavy (non-hydrogen) atoms. The first-order valence-electron chi connectivity index (χ1n) is 17.4. The highest BCUT2D eigenvalue weighted by Gasteiger charge is 2.20. The molecule has 0 aliphatic rings. The van der Waals surface area contributed by atoms with E-state index in [-0.39, 0.29) is 0 Å². The molecule has 2 heteroatoms. The highest BCUT2D eigenvalue weighted by molar-refractivity contribution is 6.01. The van der Waals surface area contributed by atoms with E-state index >= 15 is 0 Å². The van der Waals surface area contributed by atoms with Crippen LogP contribution < -0.4 is 9.80 Å². The van der Waals surface area contributed by atoms with E-state index in [0.717, 1.165) is 11.4 Å². The lowest BCUT2D eigenvalue weighted by Crippen LogP contribution is -2.12. The van der Waals surface area contributed by atoms with E-state index in [1.807, 2.05) is 0 Å². The maximum Gasteiger partial charge on any atom is 0.0540 e. The molecule has 0 unspecified atom stereocenters. The minimum Gasteiger partial charge on any atom is -0.310 e. The molecular weight excluding hydrogens is 605 g/mol. The monoisotopic (exact) mass is 644 g/mol. The van der Waals surface area contributed by atoms with Crippen molar-refractivity contribution in [2.75, 3.05) is 9.80 Å². The van der Waals surface area contributed by atoms with Crippen molar-refractivity contribution in [3.8, 4) is 11.1 Å². The highest BCUT2D eigenvalue weighted by Crippen LogP contribution is 2.44. The first-order chi connectivity index (χ1) is 24.5. The molecule has 0 aromatic heterocycles. The second-order valence-electron chi connectivity index (χ2n) is 13.2. The van der Waals surface area contributed by atoms with Crippen LogP contribution in [0.3, 0.4) is 0 Å². The molecule has 0 aliphatic carbocycles. The van der Waals surface area contributed by atoms with E-state index < -0.39 is 0 Å². The lowest BCUT2D eigenvalue weighted by atomic mass is 9.94. The number of fused-ring (bicyclic) bond motifs is 2. The van der Waals surface area contributed by atoms with Gasteiger partial charge in [0.1, 0.15) is 0 Å². The van der Waals surface area contributed by atoms with Crippen molar-refractivity contribution in [2.45, 2.75) is 27.7 Å². The number of para-hydroxylation sites is 2. The zero-order valence-corrected chi connectivity index (χ0v) is 29.1. The van der Waals surface area contributed by atoms with Gasteiger partial charge in [-0.15, -0.1) is 0 Å². The highest BCUT2D eigenvalue weighted by atomic mass is 15.2. The van der Waals surface area contributed by atoms with Crippen LogP contribution in [0, 0.1) is 27.7 Å². The molecule has 0 atom stereocenters. The molecule has 242 valence electrons. The normalized spacial score (nSPS) is 11.2. The van der Waals surface area contributed by atoms with Crippen LogP contribution >= 0.6 is 0 Å². The summed E-state index contributed by atoms with van der Waals surface area (Å²) in [5.74, 6) is 0. The Hall–Kier alpha value is -6.12. The summed E-state index contributed by atoms with van der Waals surface area (Å²) >= 11 is 0. The van der Waals surface area contributed by atoms with Crippen LogP contribution in [0.4, 0.5) is 34.1 Å². The van der Waals surface area contributed by atoms with Crippen molar-refractivity contribution in [1.82, 2.24) is 0 Å². The third-order valence-corrected chi connectivity index (χ3v) is 9.95. The Bertz CT molecular complexity index is 2320. The van der Waals surface area contributed by atoms with Crippen LogP contribution in [0.25, 0.3) is 32.7 Å². The van der Waals surface area contributed by atoms with Crippen molar-refractivity contribution < 1.29 is 0 Å². The minimum absolute atomic E-state index is 1.15. The fourth-order valence-electron chi connectivity index (χ4n) is 7.43. The van der Waals surface area contributed by atoms with Crippen LogP contribution in [0.15, 0.2) is 170 Å². The molecule has 0 aliphatic heterocycles. The van der Waals surface area contributed by atoms with Gasteiger partial charge < -0.3 is 9.80 Å². The third-order valence-electron chi connectivity index (χ3n) is 9.95. The molecule has 8 rings (SSSR count). The number of benzene rings is 8. The van der Waals surface area contributed by atoms with E-state index in [9.17, 15) is 0 Å². The quantitative estimate of drug-likeness (QED) is 0.170. The summed E-state index contributed by atoms with van der Waals surface area (Å²) < 4.78 is 0. The Morgan fingerprint density at radius 3 is 1.08 bits per heavy atom. The fraction of sp³-hybridized carbons (Fsp3) is 0.0833. The molecule has 0 N–H and O–H groups in total. The number of aryl methyl sites for hydroxylation is 4. The van der Waals surface area contributed by atoms with Gasteiger partial charge in [-0.3, -0.25) is 0 Å². The largest absolute Gasteiger partial charge is 0.310 e. The number of rotatable bonds is 7. The zero-order valence-electron chi connectivity index (χ0n) is 29.1. The van der Waals surface area contributed by atoms with Gasteiger partial charge in [-0.05, 0) is 120 Å². The summed E-state index contributed by atoms with van der Waals surface area (Å²) in [6.45, 7) is 8.86. The first-order valence-corrected chi connectivity index (χ1v) is 17.4. The molecule has 0 saturated heterocycles. The van der Waals surface area contributed by atoms with E-state index in [4.69, 9.17) is 0 Å². The second kappa shape index (κ2) is 13.1. The second-order valence-corrected chi connectivity index (χ2v) is 13.2. The molecular formula is C48H40N2. The number of hydrogen-bond acceptors (Lipinski definition) is 2. The summed E-state index contributed by atoms with van der Waals surface area (Å²) in [6.07, 6.45) is 0. The standard InChI is InChI=1S/C48H40N2/c1-33-15-5-11-23-45(33)49(47-25-13-19-37-17-7-9-21-43(37)47)39-27-29-41(35(3)31-39)42-30-28-40(32-36(42)4)50(46-24-12-6-16-34(46)2)48-26-14-20-38-18-8-10-22-44(38)48/h5-32H,1-4H3. The molecule has 0 saturated carbocycles. The van der Waals surface area contributed by atoms with Gasteiger partial charge in [-0.2, -0.15) is 0 Å². The molecule has 0 spiro atoms. The number of hydrogen-bond donors (Lipinski definition) is 0. The molecule has 8 aromatic carbocycles. The Labute approximate surface area is 295 Å². The van der Waals surface area contributed by atoms with Gasteiger partial charge in [0.2, 0.25) is 0 Å². The molecule has 0 bridgehead atoms. The summed E-state index contributed by atoms with van der Waals surface area (Å²) in [6, 6.07) is 61.6. The van der Waals surface area contributed by atoms with E-state index in [1.165, 1.54) is 77.7 Å². The molecule has 0 radical (unpaired) electrons. The van der Waals surface area contributed by atoms with Gasteiger partial charge >= 0.3 is 0 Å². The third kappa shape index (κ3) is 5.59. The van der Waals surface area contributed by atoms with Crippen LogP contribution in [-0.4, -0.2) is 0 Å². The smallest absolute Gasteiger partial charge is 0.0540 e. The lowest BCUT2D eigenvalue weighted by Gasteiger charge is -2.29. The van der Waals surface area contributed by atoms with Crippen LogP contribution in [0.1, 0.15) is 22.3 Å². The zero-order chi connectivity index (χ0) is 34.2. The predicted octanol–water partition coefficient (Wildman–Crippen LogP) is 13.8. The Balaban J connectivity index is 1.23. The van der Waals surface area contributed by atoms with Crippen molar-refractivity contribution in [2.24, 2.45) is 0 Å². The van der Waals surface area contributed by atoms with Gasteiger partial charge in [-0.25, -0.2) is 0 Å². The average Bonchev–Trinajstić information content (AvgIpc) is 3.14. The van der Waals surface area contributed by atoms with Crippen molar-refractivity contribution in [3.05, 3.63) is 192 Å². The molecule has 0 fully saturated rings. The summed E-state index contributed by atoms with van der Waals surface area (Å²) in [5.41, 5.74) is 14.4. The number of nitrogens with zero attached hydrogens (tertiary/aromatic N) is 2. The average molecular weight is 645 g/mol. The first kappa shape index (κ1) is 31.2. The lowest BCUT2D eigenvalue weighted by molar-refractivity contribution is 1.24. The van der Waals surface area contributed by atoms with Gasteiger partial charge in [0.25, 0.3) is 0 Å². The summed E-state index contributed by atoms with van der Waals surface area (Å²) in [5, 5.41) is 4.93. The van der Waals surface area contributed by atoms with E-state index in [2.05, 4.69) is 207 Å². The van der Waals surface area contributed by atoms with Gasteiger partial charge in [-0.1, -0.05) is 121 Å². The number of anilines is 6. The van der Waals surface area contributed by atoms with Gasteiger partial charge in [0.15, 0.2) is 0 Å². The molecule has 2 nitrogen and oxygen atoms in total. The summed E-state index contributed by atoms with van der Waals surface area (Å²) in [4.78, 5) is 4.82. The van der Waals surface area contributed by atoms with E-state index in [1.54, 1.807) is 0 Å². The topological polar surface area (TPSA) is 6.48 Å². The molecule has 0 heterocycles. The predicted molar refractivity (Wildman–Crippen MR) is 215 cm³/mol. The van der Waals surface area contributed by atoms with Crippen molar-refractivity contribution in [1.29, 1.82) is 0 Å². The molecule has 8 aromatic rings. The van der Waals surface area contributed by atoms with E-state index in [0.29, 0.717) is 0 Å². The minimum atomic E-state index is 1.15. The van der Waals surface area contributed by atoms with Crippen LogP contribution in [0.2, 0.25) is 0 Å². The van der Waals surface area contributed by atoms with Crippen LogP contribution in [-0.2, 0) is 0 Å². The molecule has 0 amide bonds. The van der Waals surface area contributed by atoms with Gasteiger partial charge in [0, 0.05) is 33.5 Å². The van der Waals surface area contributed by atoms with Crippen molar-refractivity contribution >= 4 is 55.7 Å². The SMILES string of the molecule is Cc1cc(N(c2ccccc2C)c2cccc3ccccc23)ccc1-c1ccc(N(c2ccccc2C)c2cccc3ccccc23)cc1C. The maximum absolute atomic E-state index is 2.41. The Morgan fingerprint density at radius 1 is 0.300 bits per heavy atom. The van der Waals surface area contributed by atoms with Crippen LogP contribution in [0.5, 0.6) is 0 Å². The Kier molecular flexibility index (Phi) is 8.14. The maximum atomic E-state index is 2.41. The Morgan fingerprint density at radius 2 is 0.660 bits per heavy atom. The van der Waals surface area contributed by atoms with Crippen molar-refractivity contribution in [3.63, 3.8) is 0 Å². The fourth-order valence-corrected chi connectivity index (χ4v) is 7.43. The van der Waals surface area contributed by atoms with Gasteiger partial charge in [0.05, 0.1) is 11.4 Å². The summed E-state index contributed by atoms with van der Waals surface area (Å²) in [7, 11) is 0.